The lowest BCUT2D eigenvalue weighted by Gasteiger charge is -2.28. The Morgan fingerprint density at radius 3 is 2.60 bits per heavy atom. The number of hydrazine groups is 1. The van der Waals surface area contributed by atoms with E-state index in [9.17, 15) is 4.79 Å². The third kappa shape index (κ3) is 2.56. The summed E-state index contributed by atoms with van der Waals surface area (Å²) in [6, 6.07) is 0. The number of hydrogen-bond donors (Lipinski definition) is 2. The summed E-state index contributed by atoms with van der Waals surface area (Å²) in [6.07, 6.45) is 0. The second-order valence-corrected chi connectivity index (χ2v) is 3.87. The van der Waals surface area contributed by atoms with Gasteiger partial charge in [0.2, 0.25) is 0 Å². The van der Waals surface area contributed by atoms with Crippen molar-refractivity contribution >= 4 is 5.91 Å². The molecule has 0 bridgehead atoms. The number of amides is 1. The van der Waals surface area contributed by atoms with Gasteiger partial charge in [0.25, 0.3) is 5.91 Å². The first kappa shape index (κ1) is 10.6. The maximum absolute atomic E-state index is 11.8. The molecule has 0 radical (unpaired) electrons. The van der Waals surface area contributed by atoms with Gasteiger partial charge in [0.1, 0.15) is 0 Å². The van der Waals surface area contributed by atoms with Gasteiger partial charge in [-0.1, -0.05) is 0 Å². The minimum Gasteiger partial charge on any atom is -0.379 e. The predicted molar refractivity (Wildman–Crippen MR) is 56.1 cm³/mol. The van der Waals surface area contributed by atoms with Gasteiger partial charge in [0, 0.05) is 31.8 Å². The molecule has 2 fully saturated rings. The quantitative estimate of drug-likeness (QED) is 0.591. The molecule has 5 nitrogen and oxygen atoms in total. The number of rotatable bonds is 2. The Kier molecular flexibility index (Phi) is 3.35. The summed E-state index contributed by atoms with van der Waals surface area (Å²) in [4.78, 5) is 11.8. The standard InChI is InChI=1S/C10H17N3O2/c1-8(9-6-11-7-9)10(14)12-13-2-4-15-5-3-13/h11H,2-7H2,1H3,(H,12,14). The summed E-state index contributed by atoms with van der Waals surface area (Å²) < 4.78 is 5.21. The Morgan fingerprint density at radius 1 is 1.40 bits per heavy atom. The molecule has 84 valence electrons. The molecule has 15 heavy (non-hydrogen) atoms. The van der Waals surface area contributed by atoms with E-state index >= 15 is 0 Å². The summed E-state index contributed by atoms with van der Waals surface area (Å²) >= 11 is 0. The van der Waals surface area contributed by atoms with Crippen molar-refractivity contribution in [2.75, 3.05) is 39.4 Å². The van der Waals surface area contributed by atoms with Gasteiger partial charge in [-0.05, 0) is 12.5 Å². The van der Waals surface area contributed by atoms with Crippen molar-refractivity contribution in [3.8, 4) is 0 Å². The summed E-state index contributed by atoms with van der Waals surface area (Å²) in [5.41, 5.74) is 4.95. The molecule has 0 aromatic heterocycles. The van der Waals surface area contributed by atoms with Crippen LogP contribution in [0.2, 0.25) is 0 Å². The maximum Gasteiger partial charge on any atom is 0.261 e. The van der Waals surface area contributed by atoms with Crippen molar-refractivity contribution in [1.29, 1.82) is 0 Å². The highest BCUT2D eigenvalue weighted by molar-refractivity contribution is 5.93. The highest BCUT2D eigenvalue weighted by atomic mass is 16.5. The Hall–Kier alpha value is -0.910. The van der Waals surface area contributed by atoms with E-state index in [1.165, 1.54) is 5.57 Å². The molecule has 0 spiro atoms. The fraction of sp³-hybridized carbons (Fsp3) is 0.700. The van der Waals surface area contributed by atoms with Gasteiger partial charge in [0.15, 0.2) is 0 Å². The van der Waals surface area contributed by atoms with E-state index < -0.39 is 0 Å². The van der Waals surface area contributed by atoms with Crippen LogP contribution in [0.25, 0.3) is 0 Å². The highest BCUT2D eigenvalue weighted by Crippen LogP contribution is 2.08. The van der Waals surface area contributed by atoms with Gasteiger partial charge in [-0.15, -0.1) is 0 Å². The van der Waals surface area contributed by atoms with Crippen LogP contribution < -0.4 is 10.7 Å². The molecule has 5 heteroatoms. The molecule has 2 saturated heterocycles. The second-order valence-electron chi connectivity index (χ2n) is 3.87. The summed E-state index contributed by atoms with van der Waals surface area (Å²) in [6.45, 7) is 6.50. The zero-order valence-corrected chi connectivity index (χ0v) is 9.01. The van der Waals surface area contributed by atoms with Gasteiger partial charge in [-0.2, -0.15) is 0 Å². The number of carbonyl (C=O) groups excluding carboxylic acids is 1. The molecule has 1 amide bonds. The largest absolute Gasteiger partial charge is 0.379 e. The van der Waals surface area contributed by atoms with E-state index in [0.717, 1.165) is 31.8 Å². The number of nitrogens with zero attached hydrogens (tertiary/aromatic N) is 1. The van der Waals surface area contributed by atoms with Crippen molar-refractivity contribution in [2.24, 2.45) is 0 Å². The van der Waals surface area contributed by atoms with E-state index in [4.69, 9.17) is 4.74 Å². The van der Waals surface area contributed by atoms with Crippen molar-refractivity contribution in [3.05, 3.63) is 11.1 Å². The first-order valence-electron chi connectivity index (χ1n) is 5.30. The van der Waals surface area contributed by atoms with Crippen LogP contribution in [0.5, 0.6) is 0 Å². The van der Waals surface area contributed by atoms with Gasteiger partial charge in [-0.3, -0.25) is 10.2 Å². The number of hydrogen-bond acceptors (Lipinski definition) is 4. The molecule has 2 rings (SSSR count). The smallest absolute Gasteiger partial charge is 0.261 e. The molecule has 2 aliphatic rings. The van der Waals surface area contributed by atoms with Crippen LogP contribution in [0.1, 0.15) is 6.92 Å². The van der Waals surface area contributed by atoms with Crippen molar-refractivity contribution in [2.45, 2.75) is 6.92 Å². The molecule has 0 saturated carbocycles. The molecular formula is C10H17N3O2. The zero-order valence-electron chi connectivity index (χ0n) is 9.01. The normalized spacial score (nSPS) is 22.1. The second kappa shape index (κ2) is 4.74. The van der Waals surface area contributed by atoms with Crippen LogP contribution >= 0.6 is 0 Å². The molecular weight excluding hydrogens is 194 g/mol. The molecule has 0 unspecified atom stereocenters. The third-order valence-corrected chi connectivity index (χ3v) is 2.82. The Morgan fingerprint density at radius 2 is 2.07 bits per heavy atom. The van der Waals surface area contributed by atoms with Crippen LogP contribution in [-0.4, -0.2) is 50.3 Å². The van der Waals surface area contributed by atoms with Gasteiger partial charge in [0.05, 0.1) is 13.2 Å². The summed E-state index contributed by atoms with van der Waals surface area (Å²) in [7, 11) is 0. The van der Waals surface area contributed by atoms with Crippen molar-refractivity contribution in [3.63, 3.8) is 0 Å². The molecule has 0 atom stereocenters. The van der Waals surface area contributed by atoms with Gasteiger partial charge in [-0.25, -0.2) is 5.01 Å². The van der Waals surface area contributed by atoms with E-state index in [1.807, 2.05) is 11.9 Å². The number of nitrogens with one attached hydrogen (secondary N) is 2. The van der Waals surface area contributed by atoms with Crippen LogP contribution in [0.15, 0.2) is 11.1 Å². The fourth-order valence-electron chi connectivity index (χ4n) is 1.58. The molecule has 0 aromatic rings. The molecule has 0 aliphatic carbocycles. The average molecular weight is 211 g/mol. The summed E-state index contributed by atoms with van der Waals surface area (Å²) in [5, 5.41) is 5.05. The predicted octanol–water partition coefficient (Wildman–Crippen LogP) is -0.730. The minimum atomic E-state index is 0.0217. The first-order valence-corrected chi connectivity index (χ1v) is 5.30. The van der Waals surface area contributed by atoms with Crippen LogP contribution in [0, 0.1) is 0 Å². The molecule has 2 N–H and O–H groups in total. The SMILES string of the molecule is CC(C(=O)NN1CCOCC1)=C1CNC1. The Bertz CT molecular complexity index is 276. The van der Waals surface area contributed by atoms with Crippen molar-refractivity contribution in [1.82, 2.24) is 15.8 Å². The molecule has 0 aromatic carbocycles. The number of morpholine rings is 1. The first-order chi connectivity index (χ1) is 7.27. The topological polar surface area (TPSA) is 53.6 Å². The van der Waals surface area contributed by atoms with E-state index in [0.29, 0.717) is 13.2 Å². The lowest BCUT2D eigenvalue weighted by Crippen LogP contribution is -2.49. The number of carbonyl (C=O) groups is 1. The summed E-state index contributed by atoms with van der Waals surface area (Å²) in [5.74, 6) is 0.0217. The third-order valence-electron chi connectivity index (χ3n) is 2.82. The zero-order chi connectivity index (χ0) is 10.7. The van der Waals surface area contributed by atoms with E-state index in [-0.39, 0.29) is 5.91 Å². The van der Waals surface area contributed by atoms with E-state index in [2.05, 4.69) is 10.7 Å². The van der Waals surface area contributed by atoms with E-state index in [1.54, 1.807) is 0 Å². The lowest BCUT2D eigenvalue weighted by atomic mass is 10.0. The average Bonchev–Trinajstić information content (AvgIpc) is 2.16. The van der Waals surface area contributed by atoms with Crippen molar-refractivity contribution < 1.29 is 9.53 Å². The molecule has 2 heterocycles. The monoisotopic (exact) mass is 211 g/mol. The Labute approximate surface area is 89.4 Å². The van der Waals surface area contributed by atoms with Crippen LogP contribution in [0.3, 0.4) is 0 Å². The molecule has 2 aliphatic heterocycles. The minimum absolute atomic E-state index is 0.0217. The van der Waals surface area contributed by atoms with Crippen LogP contribution in [-0.2, 0) is 9.53 Å². The lowest BCUT2D eigenvalue weighted by molar-refractivity contribution is -0.124. The highest BCUT2D eigenvalue weighted by Gasteiger charge is 2.18. The van der Waals surface area contributed by atoms with Gasteiger partial charge >= 0.3 is 0 Å². The van der Waals surface area contributed by atoms with Gasteiger partial charge < -0.3 is 10.1 Å². The fourth-order valence-corrected chi connectivity index (χ4v) is 1.58. The maximum atomic E-state index is 11.8. The van der Waals surface area contributed by atoms with Crippen LogP contribution in [0.4, 0.5) is 0 Å². The Balaban J connectivity index is 1.85. The number of ether oxygens (including phenoxy) is 1.